The van der Waals surface area contributed by atoms with Gasteiger partial charge in [-0.15, -0.1) is 5.92 Å². The molecule has 1 atom stereocenters. The van der Waals surface area contributed by atoms with Crippen molar-refractivity contribution in [3.8, 4) is 11.8 Å². The number of anilines is 2. The fourth-order valence-corrected chi connectivity index (χ4v) is 5.28. The number of methoxy groups -OCH3 is 1. The second kappa shape index (κ2) is 13.0. The van der Waals surface area contributed by atoms with Crippen molar-refractivity contribution in [1.29, 1.82) is 0 Å². The van der Waals surface area contributed by atoms with Gasteiger partial charge in [0.25, 0.3) is 0 Å². The normalized spacial score (nSPS) is 20.9. The first kappa shape index (κ1) is 26.3. The number of ether oxygens (including phenoxy) is 1. The Hall–Kier alpha value is -2.79. The van der Waals surface area contributed by atoms with Crippen LogP contribution in [0.1, 0.15) is 69.5 Å². The van der Waals surface area contributed by atoms with Crippen molar-refractivity contribution < 1.29 is 9.53 Å². The SMILES string of the molecule is CCN1CCC(Nc2nc(N3CCCCCC3)nc3c2C=C(OC)C(C#CCCC(=O)NC)C3)CC1. The van der Waals surface area contributed by atoms with Crippen molar-refractivity contribution in [3.63, 3.8) is 0 Å². The van der Waals surface area contributed by atoms with Crippen LogP contribution in [0, 0.1) is 17.8 Å². The first-order valence-corrected chi connectivity index (χ1v) is 13.7. The number of piperidine rings is 1. The molecule has 4 rings (SSSR count). The van der Waals surface area contributed by atoms with Crippen LogP contribution in [0.5, 0.6) is 0 Å². The lowest BCUT2D eigenvalue weighted by Crippen LogP contribution is -2.39. The number of carbonyl (C=O) groups is 1. The Balaban J connectivity index is 1.61. The Bertz CT molecular complexity index is 982. The van der Waals surface area contributed by atoms with Crippen LogP contribution in [0.15, 0.2) is 5.76 Å². The second-order valence-corrected chi connectivity index (χ2v) is 9.99. The van der Waals surface area contributed by atoms with Gasteiger partial charge in [-0.05, 0) is 38.3 Å². The van der Waals surface area contributed by atoms with Gasteiger partial charge >= 0.3 is 0 Å². The number of nitrogens with zero attached hydrogens (tertiary/aromatic N) is 4. The highest BCUT2D eigenvalue weighted by atomic mass is 16.5. The number of rotatable bonds is 7. The van der Waals surface area contributed by atoms with Gasteiger partial charge in [-0.3, -0.25) is 4.79 Å². The lowest BCUT2D eigenvalue weighted by Gasteiger charge is -2.33. The van der Waals surface area contributed by atoms with Crippen LogP contribution < -0.4 is 15.5 Å². The van der Waals surface area contributed by atoms with Crippen LogP contribution in [0.2, 0.25) is 0 Å². The molecule has 0 saturated carbocycles. The van der Waals surface area contributed by atoms with Crippen LogP contribution in [0.25, 0.3) is 6.08 Å². The third-order valence-corrected chi connectivity index (χ3v) is 7.57. The number of hydrogen-bond donors (Lipinski definition) is 2. The summed E-state index contributed by atoms with van der Waals surface area (Å²) in [7, 11) is 3.36. The molecule has 2 saturated heterocycles. The zero-order chi connectivity index (χ0) is 25.3. The van der Waals surface area contributed by atoms with Crippen molar-refractivity contribution in [2.24, 2.45) is 5.92 Å². The molecular formula is C28H42N6O2. The molecule has 0 spiro atoms. The second-order valence-electron chi connectivity index (χ2n) is 9.99. The molecule has 2 aliphatic heterocycles. The molecule has 0 bridgehead atoms. The van der Waals surface area contributed by atoms with E-state index < -0.39 is 0 Å². The summed E-state index contributed by atoms with van der Waals surface area (Å²) < 4.78 is 5.78. The van der Waals surface area contributed by atoms with Crippen molar-refractivity contribution in [2.75, 3.05) is 57.1 Å². The smallest absolute Gasteiger partial charge is 0.227 e. The minimum absolute atomic E-state index is 0.0103. The van der Waals surface area contributed by atoms with Gasteiger partial charge in [0.05, 0.1) is 18.7 Å². The van der Waals surface area contributed by atoms with Crippen molar-refractivity contribution in [3.05, 3.63) is 17.0 Å². The number of hydrogen-bond acceptors (Lipinski definition) is 7. The molecule has 2 fully saturated rings. The molecule has 8 nitrogen and oxygen atoms in total. The highest BCUT2D eigenvalue weighted by Crippen LogP contribution is 2.34. The number of carbonyl (C=O) groups excluding carboxylic acids is 1. The molecule has 1 amide bonds. The van der Waals surface area contributed by atoms with Gasteiger partial charge in [-0.25, -0.2) is 4.98 Å². The first-order chi connectivity index (χ1) is 17.6. The molecule has 1 aromatic rings. The van der Waals surface area contributed by atoms with Gasteiger partial charge in [-0.2, -0.15) is 4.98 Å². The summed E-state index contributed by atoms with van der Waals surface area (Å²) in [5.74, 6) is 9.07. The summed E-state index contributed by atoms with van der Waals surface area (Å²) in [5.41, 5.74) is 2.07. The molecule has 8 heteroatoms. The summed E-state index contributed by atoms with van der Waals surface area (Å²) in [6.07, 6.45) is 10.9. The predicted octanol–water partition coefficient (Wildman–Crippen LogP) is 3.44. The third kappa shape index (κ3) is 6.70. The lowest BCUT2D eigenvalue weighted by molar-refractivity contribution is -0.120. The maximum Gasteiger partial charge on any atom is 0.227 e. The van der Waals surface area contributed by atoms with E-state index in [0.29, 0.717) is 25.3 Å². The Labute approximate surface area is 216 Å². The Morgan fingerprint density at radius 3 is 2.56 bits per heavy atom. The van der Waals surface area contributed by atoms with Gasteiger partial charge < -0.3 is 25.2 Å². The number of aromatic nitrogens is 2. The molecule has 0 aromatic carbocycles. The molecule has 1 unspecified atom stereocenters. The number of nitrogens with one attached hydrogen (secondary N) is 2. The monoisotopic (exact) mass is 494 g/mol. The minimum atomic E-state index is -0.0697. The fourth-order valence-electron chi connectivity index (χ4n) is 5.28. The average molecular weight is 495 g/mol. The number of allylic oxidation sites excluding steroid dienone is 1. The summed E-state index contributed by atoms with van der Waals surface area (Å²) in [6, 6.07) is 0.408. The molecule has 3 heterocycles. The lowest BCUT2D eigenvalue weighted by atomic mass is 9.91. The van der Waals surface area contributed by atoms with E-state index in [1.54, 1.807) is 14.2 Å². The van der Waals surface area contributed by atoms with E-state index in [0.717, 1.165) is 74.3 Å². The Morgan fingerprint density at radius 1 is 1.14 bits per heavy atom. The molecule has 3 aliphatic rings. The summed E-state index contributed by atoms with van der Waals surface area (Å²) >= 11 is 0. The van der Waals surface area contributed by atoms with E-state index in [1.165, 1.54) is 25.7 Å². The zero-order valence-corrected chi connectivity index (χ0v) is 22.2. The standard InChI is InChI=1S/C28H42N6O2/c1-4-33-17-13-22(14-18-33)30-27-23-20-25(36-3)21(11-7-8-12-26(35)29-2)19-24(23)31-28(32-27)34-15-9-5-6-10-16-34/h20-22H,4-6,8-10,12-19H2,1-3H3,(H,29,35)(H,30,31,32). The molecule has 2 N–H and O–H groups in total. The van der Waals surface area contributed by atoms with E-state index >= 15 is 0 Å². The Kier molecular flexibility index (Phi) is 9.46. The molecule has 196 valence electrons. The van der Waals surface area contributed by atoms with Crippen molar-refractivity contribution in [1.82, 2.24) is 20.2 Å². The van der Waals surface area contributed by atoms with Crippen molar-refractivity contribution in [2.45, 2.75) is 70.8 Å². The molecular weight excluding hydrogens is 452 g/mol. The number of likely N-dealkylation sites (tertiary alicyclic amines) is 1. The van der Waals surface area contributed by atoms with Crippen LogP contribution >= 0.6 is 0 Å². The van der Waals surface area contributed by atoms with Gasteiger partial charge in [0.1, 0.15) is 11.6 Å². The minimum Gasteiger partial charge on any atom is -0.500 e. The van der Waals surface area contributed by atoms with E-state index in [9.17, 15) is 4.79 Å². The van der Waals surface area contributed by atoms with Gasteiger partial charge in [-0.1, -0.05) is 25.7 Å². The number of fused-ring (bicyclic) bond motifs is 1. The van der Waals surface area contributed by atoms with Crippen LogP contribution in [0.3, 0.4) is 0 Å². The highest BCUT2D eigenvalue weighted by molar-refractivity contribution is 5.75. The Morgan fingerprint density at radius 2 is 1.89 bits per heavy atom. The van der Waals surface area contributed by atoms with Gasteiger partial charge in [0, 0.05) is 64.1 Å². The van der Waals surface area contributed by atoms with Crippen LogP contribution in [-0.4, -0.2) is 73.7 Å². The maximum atomic E-state index is 11.5. The van der Waals surface area contributed by atoms with Gasteiger partial charge in [0.2, 0.25) is 11.9 Å². The predicted molar refractivity (Wildman–Crippen MR) is 145 cm³/mol. The number of amides is 1. The topological polar surface area (TPSA) is 82.6 Å². The fraction of sp³-hybridized carbons (Fsp3) is 0.679. The van der Waals surface area contributed by atoms with Crippen molar-refractivity contribution >= 4 is 23.7 Å². The van der Waals surface area contributed by atoms with E-state index in [1.807, 2.05) is 0 Å². The quantitative estimate of drug-likeness (QED) is 0.562. The van der Waals surface area contributed by atoms with E-state index in [2.05, 4.69) is 45.3 Å². The first-order valence-electron chi connectivity index (χ1n) is 13.7. The molecule has 36 heavy (non-hydrogen) atoms. The summed E-state index contributed by atoms with van der Waals surface area (Å²) in [4.78, 5) is 26.6. The van der Waals surface area contributed by atoms with Gasteiger partial charge in [0.15, 0.2) is 0 Å². The molecule has 0 radical (unpaired) electrons. The molecule has 1 aliphatic carbocycles. The highest BCUT2D eigenvalue weighted by Gasteiger charge is 2.28. The maximum absolute atomic E-state index is 11.5. The third-order valence-electron chi connectivity index (χ3n) is 7.57. The molecule has 1 aromatic heterocycles. The summed E-state index contributed by atoms with van der Waals surface area (Å²) in [5, 5.41) is 6.44. The van der Waals surface area contributed by atoms with Crippen LogP contribution in [-0.2, 0) is 16.0 Å². The summed E-state index contributed by atoms with van der Waals surface area (Å²) in [6.45, 7) is 7.60. The largest absolute Gasteiger partial charge is 0.500 e. The van der Waals surface area contributed by atoms with E-state index in [4.69, 9.17) is 14.7 Å². The van der Waals surface area contributed by atoms with E-state index in [-0.39, 0.29) is 11.8 Å². The average Bonchev–Trinajstić information content (AvgIpc) is 3.20. The van der Waals surface area contributed by atoms with Crippen LogP contribution in [0.4, 0.5) is 11.8 Å². The zero-order valence-electron chi connectivity index (χ0n) is 22.2.